The van der Waals surface area contributed by atoms with Gasteiger partial charge in [0.1, 0.15) is 46.8 Å². The number of aromatic nitrogens is 10. The second-order valence-electron chi connectivity index (χ2n) is 20.7. The van der Waals surface area contributed by atoms with Gasteiger partial charge in [-0.15, -0.1) is 20.2 Å². The van der Waals surface area contributed by atoms with Crippen LogP contribution in [0.25, 0.3) is 43.5 Å². The molecule has 434 valence electrons. The predicted octanol–water partition coefficient (Wildman–Crippen LogP) is 11.1. The number of benzene rings is 2. The second kappa shape index (κ2) is 26.3. The highest BCUT2D eigenvalue weighted by Crippen LogP contribution is 2.41. The molecule has 1 aliphatic heterocycles. The molecule has 0 aliphatic carbocycles. The minimum atomic E-state index is -1.05. The van der Waals surface area contributed by atoms with E-state index in [0.29, 0.717) is 117 Å². The van der Waals surface area contributed by atoms with E-state index in [9.17, 15) is 19.2 Å². The van der Waals surface area contributed by atoms with Gasteiger partial charge < -0.3 is 38.8 Å². The predicted molar refractivity (Wildman–Crippen MR) is 329 cm³/mol. The lowest BCUT2D eigenvalue weighted by molar-refractivity contribution is -0.150. The van der Waals surface area contributed by atoms with Gasteiger partial charge in [0.05, 0.1) is 59.1 Å². The van der Waals surface area contributed by atoms with Crippen LogP contribution in [0.2, 0.25) is 0 Å². The van der Waals surface area contributed by atoms with Crippen molar-refractivity contribution in [1.82, 2.24) is 49.1 Å². The first-order valence-corrected chi connectivity index (χ1v) is 27.9. The van der Waals surface area contributed by atoms with E-state index in [1.165, 1.54) is 24.4 Å². The van der Waals surface area contributed by atoms with Crippen LogP contribution >= 0.6 is 24.4 Å². The molecule has 0 spiro atoms. The van der Waals surface area contributed by atoms with E-state index < -0.39 is 11.0 Å². The molecule has 6 aromatic heterocycles. The number of pyridine rings is 2. The zero-order valence-electron chi connectivity index (χ0n) is 49.2. The number of aliphatic imine (C=N–C) groups is 1. The molecule has 0 bridgehead atoms. The molecular formula is C60H65N15O7S2. The highest BCUT2D eigenvalue weighted by molar-refractivity contribution is 7.81. The molecule has 8 aromatic rings. The number of rotatable bonds is 16. The van der Waals surface area contributed by atoms with Gasteiger partial charge in [-0.1, -0.05) is 33.1 Å². The largest absolute Gasteiger partial charge is 0.493 e. The number of anilines is 2. The minimum absolute atomic E-state index is 0.235. The van der Waals surface area contributed by atoms with Crippen LogP contribution < -0.4 is 30.4 Å². The fourth-order valence-electron chi connectivity index (χ4n) is 9.65. The van der Waals surface area contributed by atoms with Gasteiger partial charge in [-0.05, 0) is 172 Å². The van der Waals surface area contributed by atoms with Crippen molar-refractivity contribution in [3.05, 3.63) is 144 Å². The standard InChI is InChI=1S/C29H30N8O3S.C23H30N4O4.C8H5N3S/c1-8-10-22-32-17(4)23-26(38)33-25(34-37(22)23)20-14-18(11-12-21(20)40-9-2)36-28(41)35(27(39)29(36,5)6)19-13-16(3)24(30-7)31-15-19;1-7-9-18-24-14(3)19-21(28)25-20(26-27(18)19)16-12-15(10-11-17(16)31-8-2)13-23(4,5)22(29)30-6;1-6-3-7(11-5-12)4-10-8(6)9-2/h11-15H,8-10H2,1-6H3,(H,33,34,38);10-12H,7-9,13H2,1-6H3,(H,25,26,28);3-4H,1H3. The summed E-state index contributed by atoms with van der Waals surface area (Å²) < 4.78 is 19.9. The molecule has 0 saturated carbocycles. The zero-order valence-corrected chi connectivity index (χ0v) is 50.8. The molecule has 1 saturated heterocycles. The van der Waals surface area contributed by atoms with Crippen molar-refractivity contribution in [2.75, 3.05) is 30.1 Å². The number of ether oxygens (including phenoxy) is 3. The number of methoxy groups -OCH3 is 1. The quantitative estimate of drug-likeness (QED) is 0.0395. The molecular weight excluding hydrogens is 1110 g/mol. The van der Waals surface area contributed by atoms with Crippen molar-refractivity contribution in [1.29, 1.82) is 0 Å². The Morgan fingerprint density at radius 1 is 0.750 bits per heavy atom. The summed E-state index contributed by atoms with van der Waals surface area (Å²) in [5.74, 6) is 3.45. The third-order valence-corrected chi connectivity index (χ3v) is 14.0. The number of esters is 1. The van der Waals surface area contributed by atoms with Gasteiger partial charge in [0.15, 0.2) is 27.8 Å². The number of fused-ring (bicyclic) bond motifs is 2. The number of aromatic amines is 2. The van der Waals surface area contributed by atoms with Crippen molar-refractivity contribution in [3.8, 4) is 34.3 Å². The maximum atomic E-state index is 13.7. The molecule has 0 atom stereocenters. The van der Waals surface area contributed by atoms with E-state index in [2.05, 4.69) is 68.9 Å². The maximum absolute atomic E-state index is 13.7. The Hall–Kier alpha value is -9.35. The molecule has 22 nitrogen and oxygen atoms in total. The van der Waals surface area contributed by atoms with Crippen LogP contribution in [0.3, 0.4) is 0 Å². The monoisotopic (exact) mass is 1170 g/mol. The van der Waals surface area contributed by atoms with E-state index >= 15 is 0 Å². The van der Waals surface area contributed by atoms with Gasteiger partial charge in [-0.3, -0.25) is 24.1 Å². The minimum Gasteiger partial charge on any atom is -0.493 e. The summed E-state index contributed by atoms with van der Waals surface area (Å²) in [6.45, 7) is 37.2. The normalized spacial score (nSPS) is 12.7. The van der Waals surface area contributed by atoms with Crippen molar-refractivity contribution in [2.24, 2.45) is 10.4 Å². The lowest BCUT2D eigenvalue weighted by atomic mass is 9.85. The Morgan fingerprint density at radius 2 is 1.26 bits per heavy atom. The Labute approximate surface area is 496 Å². The van der Waals surface area contributed by atoms with Gasteiger partial charge in [0, 0.05) is 18.5 Å². The Bertz CT molecular complexity index is 4120. The van der Waals surface area contributed by atoms with Crippen LogP contribution in [-0.4, -0.2) is 97.1 Å². The zero-order chi connectivity index (χ0) is 61.4. The second-order valence-corrected chi connectivity index (χ2v) is 21.2. The molecule has 2 N–H and O–H groups in total. The number of hydrogen-bond acceptors (Lipinski definition) is 16. The summed E-state index contributed by atoms with van der Waals surface area (Å²) in [5, 5.41) is 12.0. The van der Waals surface area contributed by atoms with Crippen LogP contribution in [0.15, 0.2) is 75.5 Å². The molecule has 2 aromatic carbocycles. The molecule has 24 heteroatoms. The first-order chi connectivity index (χ1) is 40.0. The number of amides is 1. The van der Waals surface area contributed by atoms with Gasteiger partial charge in [0.25, 0.3) is 28.7 Å². The number of isothiocyanates is 1. The van der Waals surface area contributed by atoms with Crippen LogP contribution in [0.1, 0.15) is 108 Å². The van der Waals surface area contributed by atoms with Crippen molar-refractivity contribution < 1.29 is 23.8 Å². The van der Waals surface area contributed by atoms with Crippen molar-refractivity contribution in [2.45, 2.75) is 121 Å². The summed E-state index contributed by atoms with van der Waals surface area (Å²) in [6, 6.07) is 14.6. The number of nitrogens with one attached hydrogen (secondary N) is 2. The number of imidazole rings is 2. The smallest absolute Gasteiger partial charge is 0.311 e. The number of nitrogens with zero attached hydrogens (tertiary/aromatic N) is 13. The number of aryl methyl sites for hydroxylation is 6. The third-order valence-electron chi connectivity index (χ3n) is 13.6. The summed E-state index contributed by atoms with van der Waals surface area (Å²) >= 11 is 10.3. The Balaban J connectivity index is 0.000000207. The first-order valence-electron chi connectivity index (χ1n) is 27.1. The summed E-state index contributed by atoms with van der Waals surface area (Å²) in [6.07, 6.45) is 6.59. The fraction of sp³-hybridized carbons (Fsp3) is 0.367. The Morgan fingerprint density at radius 3 is 1.74 bits per heavy atom. The highest BCUT2D eigenvalue weighted by Gasteiger charge is 2.51. The van der Waals surface area contributed by atoms with Crippen LogP contribution in [0.4, 0.5) is 28.7 Å². The van der Waals surface area contributed by atoms with Crippen molar-refractivity contribution >= 4 is 86.3 Å². The fourth-order valence-corrected chi connectivity index (χ4v) is 10.3. The van der Waals surface area contributed by atoms with E-state index in [1.807, 2.05) is 78.8 Å². The number of thiocarbonyl (C=S) groups is 2. The number of carbonyl (C=O) groups excluding carboxylic acids is 2. The molecule has 9 rings (SSSR count). The molecule has 0 unspecified atom stereocenters. The maximum Gasteiger partial charge on any atom is 0.311 e. The Kier molecular flexibility index (Phi) is 19.5. The van der Waals surface area contributed by atoms with Crippen LogP contribution in [0, 0.1) is 46.3 Å². The van der Waals surface area contributed by atoms with E-state index in [0.717, 1.165) is 36.2 Å². The topological polar surface area (TPSA) is 241 Å². The molecule has 0 radical (unpaired) electrons. The van der Waals surface area contributed by atoms with E-state index in [1.54, 1.807) is 59.8 Å². The lowest BCUT2D eigenvalue weighted by Crippen LogP contribution is -2.44. The first kappa shape index (κ1) is 62.3. The van der Waals surface area contributed by atoms with E-state index in [4.69, 9.17) is 49.8 Å². The van der Waals surface area contributed by atoms with Crippen molar-refractivity contribution in [3.63, 3.8) is 0 Å². The number of H-pyrrole nitrogens is 2. The third kappa shape index (κ3) is 12.8. The molecule has 1 amide bonds. The summed E-state index contributed by atoms with van der Waals surface area (Å²) in [4.78, 5) is 88.5. The SMILES string of the molecule is CCCc1nc(C)c2c(=O)[nH]c(-c3cc(CC(C)(C)C(=O)OC)ccc3OCC)nn12.[C-]#[N+]c1ncc(N2C(=O)C(C)(C)N(c3ccc(OCC)c(-c4nn5c(CCC)nc(C)c5c(=O)[nH]4)c3)C2=S)cc1C.[C-]#[N+]c1ncc(N=C=S)cc1C. The van der Waals surface area contributed by atoms with Gasteiger partial charge in [0.2, 0.25) is 0 Å². The van der Waals surface area contributed by atoms with Crippen LogP contribution in [0.5, 0.6) is 11.5 Å². The average Bonchev–Trinajstić information content (AvgIpc) is 1.91. The van der Waals surface area contributed by atoms with Gasteiger partial charge in [-0.2, -0.15) is 4.99 Å². The lowest BCUT2D eigenvalue weighted by Gasteiger charge is -2.30. The average molecular weight is 1170 g/mol. The molecule has 7 heterocycles. The molecule has 84 heavy (non-hydrogen) atoms. The van der Waals surface area contributed by atoms with Gasteiger partial charge in [-0.25, -0.2) is 19.0 Å². The van der Waals surface area contributed by atoms with E-state index in [-0.39, 0.29) is 33.9 Å². The number of carbonyl (C=O) groups is 2. The number of hydrogen-bond donors (Lipinski definition) is 2. The summed E-state index contributed by atoms with van der Waals surface area (Å²) in [5.41, 5.74) is 5.13. The molecule has 1 aliphatic rings. The van der Waals surface area contributed by atoms with Gasteiger partial charge >= 0.3 is 5.97 Å². The molecule has 1 fully saturated rings. The summed E-state index contributed by atoms with van der Waals surface area (Å²) in [7, 11) is 1.39. The van der Waals surface area contributed by atoms with Crippen LogP contribution in [-0.2, 0) is 33.6 Å². The highest BCUT2D eigenvalue weighted by atomic mass is 32.1.